The van der Waals surface area contributed by atoms with Gasteiger partial charge in [-0.3, -0.25) is 14.5 Å². The molecular formula is C25H30N2O4. The highest BCUT2D eigenvalue weighted by atomic mass is 16.5. The van der Waals surface area contributed by atoms with Gasteiger partial charge >= 0.3 is 0 Å². The zero-order chi connectivity index (χ0) is 22.0. The predicted octanol–water partition coefficient (Wildman–Crippen LogP) is 3.16. The number of hydrogen-bond donors (Lipinski definition) is 1. The van der Waals surface area contributed by atoms with Gasteiger partial charge in [-0.15, -0.1) is 0 Å². The molecule has 0 aliphatic carbocycles. The molecule has 2 aliphatic heterocycles. The molecule has 0 spiro atoms. The standard InChI is InChI=1S/C25H30N2O4/c1-18(28)27-14-5-7-19-15-20(10-11-22(19)27)23(29)16-26-13-6-12-25(30,17-26)21-8-3-4-9-24(21)31-2/h3-4,8-11,15,30H,5-7,12-14,16-17H2,1-2H3. The van der Waals surface area contributed by atoms with Gasteiger partial charge in [-0.25, -0.2) is 0 Å². The number of methoxy groups -OCH3 is 1. The van der Waals surface area contributed by atoms with E-state index >= 15 is 0 Å². The average Bonchev–Trinajstić information content (AvgIpc) is 2.78. The molecule has 1 saturated heterocycles. The van der Waals surface area contributed by atoms with Crippen LogP contribution in [0.2, 0.25) is 0 Å². The molecule has 1 N–H and O–H groups in total. The van der Waals surface area contributed by atoms with E-state index in [1.807, 2.05) is 47.4 Å². The molecule has 1 atom stereocenters. The van der Waals surface area contributed by atoms with E-state index in [0.29, 0.717) is 24.3 Å². The Balaban J connectivity index is 1.49. The molecular weight excluding hydrogens is 392 g/mol. The number of likely N-dealkylation sites (tertiary alicyclic amines) is 1. The summed E-state index contributed by atoms with van der Waals surface area (Å²) in [4.78, 5) is 28.8. The number of aliphatic hydroxyl groups is 1. The molecule has 2 aromatic rings. The average molecular weight is 423 g/mol. The van der Waals surface area contributed by atoms with Crippen LogP contribution in [0.4, 0.5) is 5.69 Å². The third-order valence-electron chi connectivity index (χ3n) is 6.43. The van der Waals surface area contributed by atoms with Crippen LogP contribution in [0.5, 0.6) is 5.75 Å². The van der Waals surface area contributed by atoms with Crippen molar-refractivity contribution in [3.05, 3.63) is 59.2 Å². The number of nitrogens with zero attached hydrogens (tertiary/aromatic N) is 2. The van der Waals surface area contributed by atoms with Crippen molar-refractivity contribution >= 4 is 17.4 Å². The van der Waals surface area contributed by atoms with E-state index in [9.17, 15) is 14.7 Å². The minimum absolute atomic E-state index is 0.0315. The Bertz CT molecular complexity index is 989. The second-order valence-corrected chi connectivity index (χ2v) is 8.59. The van der Waals surface area contributed by atoms with Crippen molar-refractivity contribution in [3.8, 4) is 5.75 Å². The molecule has 1 fully saturated rings. The fourth-order valence-corrected chi connectivity index (χ4v) is 4.90. The molecule has 164 valence electrons. The number of carbonyl (C=O) groups is 2. The first-order valence-corrected chi connectivity index (χ1v) is 10.9. The molecule has 6 nitrogen and oxygen atoms in total. The highest BCUT2D eigenvalue weighted by molar-refractivity contribution is 5.99. The lowest BCUT2D eigenvalue weighted by molar-refractivity contribution is -0.116. The summed E-state index contributed by atoms with van der Waals surface area (Å²) < 4.78 is 5.45. The van der Waals surface area contributed by atoms with Crippen LogP contribution in [0.1, 0.15) is 47.7 Å². The van der Waals surface area contributed by atoms with Crippen molar-refractivity contribution < 1.29 is 19.4 Å². The summed E-state index contributed by atoms with van der Waals surface area (Å²) in [6.07, 6.45) is 3.22. The van der Waals surface area contributed by atoms with Crippen LogP contribution >= 0.6 is 0 Å². The molecule has 2 aromatic carbocycles. The lowest BCUT2D eigenvalue weighted by atomic mass is 9.85. The second kappa shape index (κ2) is 8.81. The number of piperidine rings is 1. The van der Waals surface area contributed by atoms with Gasteiger partial charge in [0, 0.05) is 36.8 Å². The topological polar surface area (TPSA) is 70.1 Å². The van der Waals surface area contributed by atoms with Gasteiger partial charge in [0.15, 0.2) is 5.78 Å². The number of hydrogen-bond acceptors (Lipinski definition) is 5. The van der Waals surface area contributed by atoms with Crippen molar-refractivity contribution in [2.45, 2.75) is 38.2 Å². The molecule has 2 heterocycles. The Kier molecular flexibility index (Phi) is 6.12. The van der Waals surface area contributed by atoms with E-state index in [1.165, 1.54) is 0 Å². The molecule has 0 aromatic heterocycles. The maximum Gasteiger partial charge on any atom is 0.223 e. The minimum atomic E-state index is -1.04. The Morgan fingerprint density at radius 2 is 1.94 bits per heavy atom. The van der Waals surface area contributed by atoms with Crippen molar-refractivity contribution in [1.82, 2.24) is 4.90 Å². The highest BCUT2D eigenvalue weighted by Crippen LogP contribution is 2.37. The van der Waals surface area contributed by atoms with Gasteiger partial charge in [0.1, 0.15) is 11.4 Å². The van der Waals surface area contributed by atoms with E-state index in [0.717, 1.165) is 49.2 Å². The molecule has 1 amide bonds. The van der Waals surface area contributed by atoms with Gasteiger partial charge in [0.05, 0.1) is 13.7 Å². The lowest BCUT2D eigenvalue weighted by Crippen LogP contribution is -2.47. The van der Waals surface area contributed by atoms with E-state index < -0.39 is 5.60 Å². The smallest absolute Gasteiger partial charge is 0.223 e. The molecule has 1 unspecified atom stereocenters. The van der Waals surface area contributed by atoms with E-state index in [4.69, 9.17) is 4.74 Å². The van der Waals surface area contributed by atoms with Gasteiger partial charge < -0.3 is 14.7 Å². The van der Waals surface area contributed by atoms with Crippen molar-refractivity contribution in [2.75, 3.05) is 38.2 Å². The molecule has 4 rings (SSSR count). The maximum atomic E-state index is 13.1. The number of anilines is 1. The van der Waals surface area contributed by atoms with Gasteiger partial charge in [-0.2, -0.15) is 0 Å². The number of Topliss-reactive ketones (excluding diaryl/α,β-unsaturated/α-hetero) is 1. The van der Waals surface area contributed by atoms with Crippen LogP contribution < -0.4 is 9.64 Å². The third kappa shape index (κ3) is 4.36. The van der Waals surface area contributed by atoms with Crippen LogP contribution in [0, 0.1) is 0 Å². The maximum absolute atomic E-state index is 13.1. The number of benzene rings is 2. The first kappa shape index (κ1) is 21.5. The molecule has 2 aliphatic rings. The summed E-state index contributed by atoms with van der Waals surface area (Å²) in [5.41, 5.74) is 2.36. The summed E-state index contributed by atoms with van der Waals surface area (Å²) in [7, 11) is 1.61. The number of rotatable bonds is 5. The third-order valence-corrected chi connectivity index (χ3v) is 6.43. The fraction of sp³-hybridized carbons (Fsp3) is 0.440. The number of aryl methyl sites for hydroxylation is 1. The minimum Gasteiger partial charge on any atom is -0.496 e. The Labute approximate surface area is 183 Å². The Morgan fingerprint density at radius 3 is 2.71 bits per heavy atom. The summed E-state index contributed by atoms with van der Waals surface area (Å²) in [6.45, 7) is 3.72. The zero-order valence-corrected chi connectivity index (χ0v) is 18.3. The number of ketones is 1. The quantitative estimate of drug-likeness (QED) is 0.750. The number of carbonyl (C=O) groups excluding carboxylic acids is 2. The Hall–Kier alpha value is -2.70. The van der Waals surface area contributed by atoms with Crippen molar-refractivity contribution in [3.63, 3.8) is 0 Å². The van der Waals surface area contributed by atoms with E-state index in [2.05, 4.69) is 0 Å². The van der Waals surface area contributed by atoms with Crippen LogP contribution in [0.3, 0.4) is 0 Å². The molecule has 0 bridgehead atoms. The van der Waals surface area contributed by atoms with E-state index in [-0.39, 0.29) is 18.2 Å². The number of ether oxygens (including phenoxy) is 1. The summed E-state index contributed by atoms with van der Waals surface area (Å²) >= 11 is 0. The number of fused-ring (bicyclic) bond motifs is 1. The van der Waals surface area contributed by atoms with Gasteiger partial charge in [0.25, 0.3) is 0 Å². The van der Waals surface area contributed by atoms with Crippen LogP contribution in [0.15, 0.2) is 42.5 Å². The van der Waals surface area contributed by atoms with Gasteiger partial charge in [0.2, 0.25) is 5.91 Å². The summed E-state index contributed by atoms with van der Waals surface area (Å²) in [5, 5.41) is 11.4. The number of amides is 1. The van der Waals surface area contributed by atoms with Crippen LogP contribution in [0.25, 0.3) is 0 Å². The second-order valence-electron chi connectivity index (χ2n) is 8.59. The molecule has 0 saturated carbocycles. The molecule has 0 radical (unpaired) electrons. The number of para-hydroxylation sites is 1. The fourth-order valence-electron chi connectivity index (χ4n) is 4.90. The summed E-state index contributed by atoms with van der Waals surface area (Å²) in [5.74, 6) is 0.735. The lowest BCUT2D eigenvalue weighted by Gasteiger charge is -2.39. The largest absolute Gasteiger partial charge is 0.496 e. The number of β-amino-alcohol motifs (C(OH)–C–C–N with tert-alkyl or cyclic N) is 1. The Morgan fingerprint density at radius 1 is 1.13 bits per heavy atom. The van der Waals surface area contributed by atoms with Crippen molar-refractivity contribution in [2.24, 2.45) is 0 Å². The first-order chi connectivity index (χ1) is 14.9. The highest BCUT2D eigenvalue weighted by Gasteiger charge is 2.37. The SMILES string of the molecule is COc1ccccc1C1(O)CCCN(CC(=O)c2ccc3c(c2)CCCN3C(C)=O)C1. The van der Waals surface area contributed by atoms with Crippen LogP contribution in [-0.4, -0.2) is 55.0 Å². The monoisotopic (exact) mass is 422 g/mol. The molecule has 6 heteroatoms. The van der Waals surface area contributed by atoms with Crippen LogP contribution in [-0.2, 0) is 16.8 Å². The first-order valence-electron chi connectivity index (χ1n) is 10.9. The van der Waals surface area contributed by atoms with E-state index in [1.54, 1.807) is 18.9 Å². The van der Waals surface area contributed by atoms with Crippen molar-refractivity contribution in [1.29, 1.82) is 0 Å². The zero-order valence-electron chi connectivity index (χ0n) is 18.3. The summed E-state index contributed by atoms with van der Waals surface area (Å²) in [6, 6.07) is 13.2. The molecule has 31 heavy (non-hydrogen) atoms. The van der Waals surface area contributed by atoms with Gasteiger partial charge in [-0.05, 0) is 62.1 Å². The predicted molar refractivity (Wildman–Crippen MR) is 120 cm³/mol. The normalized spacial score (nSPS) is 21.5. The van der Waals surface area contributed by atoms with Gasteiger partial charge in [-0.1, -0.05) is 18.2 Å².